The molecule has 0 aliphatic carbocycles. The van der Waals surface area contributed by atoms with Crippen LogP contribution in [0.25, 0.3) is 0 Å². The van der Waals surface area contributed by atoms with Gasteiger partial charge in [-0.1, -0.05) is 37.6 Å². The van der Waals surface area contributed by atoms with Gasteiger partial charge in [0.1, 0.15) is 0 Å². The third-order valence-electron chi connectivity index (χ3n) is 3.49. The smallest absolute Gasteiger partial charge is 0.255 e. The second kappa shape index (κ2) is 7.41. The molecule has 1 N–H and O–H groups in total. The normalized spacial score (nSPS) is 10.4. The lowest BCUT2D eigenvalue weighted by atomic mass is 10.1. The van der Waals surface area contributed by atoms with Crippen LogP contribution >= 0.6 is 15.9 Å². The van der Waals surface area contributed by atoms with Gasteiger partial charge >= 0.3 is 0 Å². The zero-order valence-corrected chi connectivity index (χ0v) is 14.0. The Morgan fingerprint density at radius 3 is 2.62 bits per heavy atom. The molecule has 0 atom stereocenters. The Hall–Kier alpha value is -1.61. The molecule has 3 heteroatoms. The molecule has 0 saturated heterocycles. The topological polar surface area (TPSA) is 29.1 Å². The first-order valence-corrected chi connectivity index (χ1v) is 8.06. The van der Waals surface area contributed by atoms with Gasteiger partial charge in [0.15, 0.2) is 0 Å². The maximum Gasteiger partial charge on any atom is 0.255 e. The molecule has 0 saturated carbocycles. The third-order valence-corrected chi connectivity index (χ3v) is 4.15. The molecule has 2 aromatic rings. The fourth-order valence-corrected chi connectivity index (χ4v) is 2.74. The van der Waals surface area contributed by atoms with Crippen LogP contribution in [0.4, 0.5) is 5.69 Å². The number of carbonyl (C=O) groups excluding carboxylic acids is 1. The Bertz CT molecular complexity index is 637. The van der Waals surface area contributed by atoms with Crippen LogP contribution in [0.5, 0.6) is 0 Å². The van der Waals surface area contributed by atoms with E-state index in [1.807, 2.05) is 37.3 Å². The van der Waals surface area contributed by atoms with Crippen LogP contribution in [-0.4, -0.2) is 5.91 Å². The van der Waals surface area contributed by atoms with Crippen molar-refractivity contribution in [2.75, 3.05) is 5.32 Å². The minimum atomic E-state index is -0.0740. The van der Waals surface area contributed by atoms with Gasteiger partial charge in [-0.05, 0) is 65.0 Å². The summed E-state index contributed by atoms with van der Waals surface area (Å²) in [5.74, 6) is -0.0740. The number of nitrogens with one attached hydrogen (secondary N) is 1. The fourth-order valence-electron chi connectivity index (χ4n) is 2.21. The summed E-state index contributed by atoms with van der Waals surface area (Å²) in [5.41, 5.74) is 3.78. The number of rotatable bonds is 5. The van der Waals surface area contributed by atoms with E-state index >= 15 is 0 Å². The van der Waals surface area contributed by atoms with Crippen LogP contribution in [-0.2, 0) is 6.42 Å². The average molecular weight is 346 g/mol. The van der Waals surface area contributed by atoms with Crippen LogP contribution < -0.4 is 5.32 Å². The summed E-state index contributed by atoms with van der Waals surface area (Å²) < 4.78 is 0.929. The van der Waals surface area contributed by atoms with Gasteiger partial charge < -0.3 is 5.32 Å². The van der Waals surface area contributed by atoms with E-state index in [-0.39, 0.29) is 5.91 Å². The minimum Gasteiger partial charge on any atom is -0.321 e. The van der Waals surface area contributed by atoms with Crippen LogP contribution in [0.15, 0.2) is 46.9 Å². The number of anilines is 1. The van der Waals surface area contributed by atoms with Crippen molar-refractivity contribution in [1.29, 1.82) is 0 Å². The van der Waals surface area contributed by atoms with Gasteiger partial charge in [0.25, 0.3) is 5.91 Å². The Labute approximate surface area is 134 Å². The number of unbranched alkanes of at least 4 members (excludes halogenated alkanes) is 1. The highest BCUT2D eigenvalue weighted by molar-refractivity contribution is 9.10. The highest BCUT2D eigenvalue weighted by atomic mass is 79.9. The zero-order valence-electron chi connectivity index (χ0n) is 12.4. The maximum absolute atomic E-state index is 12.3. The SMILES string of the molecule is CCCCc1ccc(NC(=O)c2ccccc2C)c(Br)c1. The first-order chi connectivity index (χ1) is 10.1. The van der Waals surface area contributed by atoms with E-state index < -0.39 is 0 Å². The number of hydrogen-bond acceptors (Lipinski definition) is 1. The van der Waals surface area contributed by atoms with Crippen LogP contribution in [0.1, 0.15) is 41.3 Å². The summed E-state index contributed by atoms with van der Waals surface area (Å²) in [6.07, 6.45) is 3.44. The Morgan fingerprint density at radius 2 is 1.95 bits per heavy atom. The lowest BCUT2D eigenvalue weighted by molar-refractivity contribution is 0.102. The number of benzene rings is 2. The lowest BCUT2D eigenvalue weighted by Gasteiger charge is -2.10. The summed E-state index contributed by atoms with van der Waals surface area (Å²) in [4.78, 5) is 12.3. The van der Waals surface area contributed by atoms with Crippen molar-refractivity contribution in [3.63, 3.8) is 0 Å². The zero-order chi connectivity index (χ0) is 15.2. The van der Waals surface area contributed by atoms with E-state index in [0.29, 0.717) is 5.56 Å². The molecule has 2 rings (SSSR count). The van der Waals surface area contributed by atoms with Gasteiger partial charge in [0.2, 0.25) is 0 Å². The van der Waals surface area contributed by atoms with Crippen molar-refractivity contribution in [3.05, 3.63) is 63.6 Å². The van der Waals surface area contributed by atoms with E-state index in [9.17, 15) is 4.79 Å². The van der Waals surface area contributed by atoms with E-state index in [1.54, 1.807) is 0 Å². The molecule has 21 heavy (non-hydrogen) atoms. The van der Waals surface area contributed by atoms with Crippen molar-refractivity contribution >= 4 is 27.5 Å². The molecule has 110 valence electrons. The van der Waals surface area contributed by atoms with E-state index in [4.69, 9.17) is 0 Å². The summed E-state index contributed by atoms with van der Waals surface area (Å²) in [5, 5.41) is 2.96. The monoisotopic (exact) mass is 345 g/mol. The van der Waals surface area contributed by atoms with Gasteiger partial charge in [-0.3, -0.25) is 4.79 Å². The van der Waals surface area contributed by atoms with Crippen molar-refractivity contribution in [3.8, 4) is 0 Å². The maximum atomic E-state index is 12.3. The average Bonchev–Trinajstić information content (AvgIpc) is 2.48. The second-order valence-electron chi connectivity index (χ2n) is 5.19. The predicted molar refractivity (Wildman–Crippen MR) is 91.9 cm³/mol. The minimum absolute atomic E-state index is 0.0740. The molecule has 2 aromatic carbocycles. The van der Waals surface area contributed by atoms with Crippen molar-refractivity contribution in [2.45, 2.75) is 33.1 Å². The van der Waals surface area contributed by atoms with E-state index in [0.717, 1.165) is 22.1 Å². The van der Waals surface area contributed by atoms with E-state index in [2.05, 4.69) is 40.3 Å². The molecule has 0 heterocycles. The number of aryl methyl sites for hydroxylation is 2. The molecule has 0 aliphatic heterocycles. The molecule has 0 bridgehead atoms. The summed E-state index contributed by atoms with van der Waals surface area (Å²) >= 11 is 3.54. The first kappa shape index (κ1) is 15.8. The summed E-state index contributed by atoms with van der Waals surface area (Å²) in [6, 6.07) is 13.7. The lowest BCUT2D eigenvalue weighted by Crippen LogP contribution is -2.13. The Kier molecular flexibility index (Phi) is 5.57. The van der Waals surface area contributed by atoms with Crippen molar-refractivity contribution < 1.29 is 4.79 Å². The molecule has 0 aromatic heterocycles. The Balaban J connectivity index is 2.13. The second-order valence-corrected chi connectivity index (χ2v) is 6.04. The van der Waals surface area contributed by atoms with Gasteiger partial charge in [-0.25, -0.2) is 0 Å². The number of carbonyl (C=O) groups is 1. The molecule has 0 fully saturated rings. The molecule has 0 unspecified atom stereocenters. The molecule has 2 nitrogen and oxygen atoms in total. The van der Waals surface area contributed by atoms with Crippen LogP contribution in [0.3, 0.4) is 0 Å². The van der Waals surface area contributed by atoms with Crippen LogP contribution in [0.2, 0.25) is 0 Å². The molecular formula is C18H20BrNO. The fraction of sp³-hybridized carbons (Fsp3) is 0.278. The van der Waals surface area contributed by atoms with Gasteiger partial charge in [-0.2, -0.15) is 0 Å². The molecule has 0 radical (unpaired) electrons. The first-order valence-electron chi connectivity index (χ1n) is 7.27. The highest BCUT2D eigenvalue weighted by Crippen LogP contribution is 2.25. The number of hydrogen-bond donors (Lipinski definition) is 1. The van der Waals surface area contributed by atoms with E-state index in [1.165, 1.54) is 18.4 Å². The largest absolute Gasteiger partial charge is 0.321 e. The molecule has 0 spiro atoms. The Morgan fingerprint density at radius 1 is 1.19 bits per heavy atom. The van der Waals surface area contributed by atoms with Crippen molar-refractivity contribution in [2.24, 2.45) is 0 Å². The quantitative estimate of drug-likeness (QED) is 0.777. The van der Waals surface area contributed by atoms with Crippen molar-refractivity contribution in [1.82, 2.24) is 0 Å². The van der Waals surface area contributed by atoms with Gasteiger partial charge in [0.05, 0.1) is 5.69 Å². The summed E-state index contributed by atoms with van der Waals surface area (Å²) in [6.45, 7) is 4.13. The van der Waals surface area contributed by atoms with Gasteiger partial charge in [-0.15, -0.1) is 0 Å². The molecule has 0 aliphatic rings. The standard InChI is InChI=1S/C18H20BrNO/c1-3-4-8-14-10-11-17(16(19)12-14)20-18(21)15-9-6-5-7-13(15)2/h5-7,9-12H,3-4,8H2,1-2H3,(H,20,21). The van der Waals surface area contributed by atoms with Crippen LogP contribution in [0, 0.1) is 6.92 Å². The predicted octanol–water partition coefficient (Wildman–Crippen LogP) is 5.35. The third kappa shape index (κ3) is 4.18. The number of halogens is 1. The number of amides is 1. The molecular weight excluding hydrogens is 326 g/mol. The molecule has 1 amide bonds. The highest BCUT2D eigenvalue weighted by Gasteiger charge is 2.10. The summed E-state index contributed by atoms with van der Waals surface area (Å²) in [7, 11) is 0. The van der Waals surface area contributed by atoms with Gasteiger partial charge in [0, 0.05) is 10.0 Å².